The van der Waals surface area contributed by atoms with E-state index in [4.69, 9.17) is 4.74 Å². The lowest BCUT2D eigenvalue weighted by atomic mass is 9.73. The van der Waals surface area contributed by atoms with E-state index in [-0.39, 0.29) is 0 Å². The molecule has 1 fully saturated rings. The number of aliphatic hydroxyl groups is 1. The van der Waals surface area contributed by atoms with Gasteiger partial charge in [0.15, 0.2) is 0 Å². The van der Waals surface area contributed by atoms with Crippen molar-refractivity contribution in [1.82, 2.24) is 0 Å². The fourth-order valence-corrected chi connectivity index (χ4v) is 2.07. The third-order valence-corrected chi connectivity index (χ3v) is 2.41. The van der Waals surface area contributed by atoms with Gasteiger partial charge in [-0.1, -0.05) is 13.8 Å². The maximum absolute atomic E-state index is 9.90. The van der Waals surface area contributed by atoms with Gasteiger partial charge < -0.3 is 9.84 Å². The summed E-state index contributed by atoms with van der Waals surface area (Å²) in [4.78, 5) is 0. The van der Waals surface area contributed by atoms with Gasteiger partial charge >= 0.3 is 0 Å². The summed E-state index contributed by atoms with van der Waals surface area (Å²) >= 11 is 0. The number of hydrogen-bond donors (Lipinski definition) is 1. The van der Waals surface area contributed by atoms with Crippen molar-refractivity contribution in [3.05, 3.63) is 0 Å². The van der Waals surface area contributed by atoms with Crippen LogP contribution in [0.4, 0.5) is 0 Å². The smallest absolute Gasteiger partial charge is 0.0699 e. The van der Waals surface area contributed by atoms with Crippen LogP contribution in [0.25, 0.3) is 0 Å². The summed E-state index contributed by atoms with van der Waals surface area (Å²) < 4.78 is 5.39. The van der Waals surface area contributed by atoms with Crippen LogP contribution in [0.3, 0.4) is 0 Å². The van der Waals surface area contributed by atoms with E-state index in [0.717, 1.165) is 25.9 Å². The van der Waals surface area contributed by atoms with E-state index in [0.29, 0.717) is 12.0 Å². The van der Waals surface area contributed by atoms with Gasteiger partial charge in [-0.15, -0.1) is 0 Å². The highest BCUT2D eigenvalue weighted by Gasteiger charge is 2.43. The van der Waals surface area contributed by atoms with Crippen LogP contribution in [0.2, 0.25) is 0 Å². The van der Waals surface area contributed by atoms with E-state index in [9.17, 15) is 5.11 Å². The monoisotopic (exact) mass is 172 g/mol. The van der Waals surface area contributed by atoms with Gasteiger partial charge in [0.05, 0.1) is 11.7 Å². The molecule has 0 amide bonds. The fourth-order valence-electron chi connectivity index (χ4n) is 2.07. The minimum atomic E-state index is -0.409. The Balaban J connectivity index is 2.20. The molecule has 0 heterocycles. The first-order chi connectivity index (χ1) is 5.56. The molecule has 2 nitrogen and oxygen atoms in total. The highest BCUT2D eigenvalue weighted by Crippen LogP contribution is 2.39. The fraction of sp³-hybridized carbons (Fsp3) is 1.00. The van der Waals surface area contributed by atoms with Gasteiger partial charge in [-0.3, -0.25) is 0 Å². The highest BCUT2D eigenvalue weighted by molar-refractivity contribution is 4.95. The summed E-state index contributed by atoms with van der Waals surface area (Å²) in [7, 11) is 0. The van der Waals surface area contributed by atoms with Crippen LogP contribution >= 0.6 is 0 Å². The summed E-state index contributed by atoms with van der Waals surface area (Å²) in [5.41, 5.74) is -0.409. The normalized spacial score (nSPS) is 35.2. The predicted molar refractivity (Wildman–Crippen MR) is 49.1 cm³/mol. The summed E-state index contributed by atoms with van der Waals surface area (Å²) in [6.45, 7) is 7.06. The summed E-state index contributed by atoms with van der Waals surface area (Å²) in [6.07, 6.45) is 2.90. The van der Waals surface area contributed by atoms with Gasteiger partial charge in [0.2, 0.25) is 0 Å². The van der Waals surface area contributed by atoms with E-state index in [1.54, 1.807) is 0 Å². The molecule has 1 saturated carbocycles. The number of hydrogen-bond acceptors (Lipinski definition) is 2. The third kappa shape index (κ3) is 2.46. The quantitative estimate of drug-likeness (QED) is 0.702. The maximum Gasteiger partial charge on any atom is 0.0699 e. The van der Waals surface area contributed by atoms with Crippen molar-refractivity contribution < 1.29 is 9.84 Å². The molecular weight excluding hydrogens is 152 g/mol. The van der Waals surface area contributed by atoms with Gasteiger partial charge in [-0.2, -0.15) is 0 Å². The zero-order chi connectivity index (χ0) is 9.19. The van der Waals surface area contributed by atoms with Gasteiger partial charge in [-0.05, 0) is 19.3 Å². The molecule has 0 atom stereocenters. The zero-order valence-corrected chi connectivity index (χ0v) is 8.34. The van der Waals surface area contributed by atoms with Gasteiger partial charge in [0.1, 0.15) is 0 Å². The van der Waals surface area contributed by atoms with Crippen molar-refractivity contribution in [2.75, 3.05) is 6.61 Å². The maximum atomic E-state index is 9.90. The molecule has 12 heavy (non-hydrogen) atoms. The molecule has 0 radical (unpaired) electrons. The predicted octanol–water partition coefficient (Wildman–Crippen LogP) is 1.96. The molecular formula is C10H20O2. The van der Waals surface area contributed by atoms with Crippen molar-refractivity contribution in [2.45, 2.75) is 51.7 Å². The van der Waals surface area contributed by atoms with Gasteiger partial charge in [-0.25, -0.2) is 0 Å². The minimum Gasteiger partial charge on any atom is -0.390 e. The van der Waals surface area contributed by atoms with Crippen molar-refractivity contribution in [3.8, 4) is 0 Å². The molecule has 1 aliphatic rings. The molecule has 72 valence electrons. The first-order valence-electron chi connectivity index (χ1n) is 4.90. The average Bonchev–Trinajstić information content (AvgIpc) is 1.82. The molecule has 0 aromatic carbocycles. The zero-order valence-electron chi connectivity index (χ0n) is 8.34. The summed E-state index contributed by atoms with van der Waals surface area (Å²) in [6, 6.07) is 0. The van der Waals surface area contributed by atoms with Crippen molar-refractivity contribution in [2.24, 2.45) is 5.92 Å². The van der Waals surface area contributed by atoms with E-state index < -0.39 is 5.60 Å². The Hall–Kier alpha value is -0.0800. The Morgan fingerprint density at radius 3 is 2.50 bits per heavy atom. The Morgan fingerprint density at radius 1 is 1.50 bits per heavy atom. The van der Waals surface area contributed by atoms with Crippen LogP contribution in [0.1, 0.15) is 40.0 Å². The van der Waals surface area contributed by atoms with Crippen LogP contribution in [0.15, 0.2) is 0 Å². The van der Waals surface area contributed by atoms with Crippen molar-refractivity contribution in [1.29, 1.82) is 0 Å². The Labute approximate surface area is 74.9 Å². The topological polar surface area (TPSA) is 29.5 Å². The minimum absolute atomic E-state index is 0.318. The van der Waals surface area contributed by atoms with E-state index in [2.05, 4.69) is 13.8 Å². The van der Waals surface area contributed by atoms with Crippen molar-refractivity contribution in [3.63, 3.8) is 0 Å². The van der Waals surface area contributed by atoms with Crippen LogP contribution in [0.5, 0.6) is 0 Å². The van der Waals surface area contributed by atoms with Gasteiger partial charge in [0.25, 0.3) is 0 Å². The molecule has 1 N–H and O–H groups in total. The second kappa shape index (κ2) is 3.75. The third-order valence-electron chi connectivity index (χ3n) is 2.41. The Kier molecular flexibility index (Phi) is 3.13. The van der Waals surface area contributed by atoms with E-state index >= 15 is 0 Å². The molecule has 1 rings (SSSR count). The Bertz CT molecular complexity index is 137. The average molecular weight is 172 g/mol. The second-order valence-electron chi connectivity index (χ2n) is 4.31. The lowest BCUT2D eigenvalue weighted by Gasteiger charge is -2.44. The number of rotatable bonds is 4. The molecule has 0 bridgehead atoms. The van der Waals surface area contributed by atoms with Crippen LogP contribution in [-0.4, -0.2) is 23.4 Å². The lowest BCUT2D eigenvalue weighted by molar-refractivity contribution is -0.145. The molecule has 0 aromatic rings. The van der Waals surface area contributed by atoms with Crippen LogP contribution in [-0.2, 0) is 4.74 Å². The first kappa shape index (κ1) is 10.0. The largest absolute Gasteiger partial charge is 0.390 e. The molecule has 2 heteroatoms. The van der Waals surface area contributed by atoms with Crippen LogP contribution in [0, 0.1) is 5.92 Å². The molecule has 0 aromatic heterocycles. The standard InChI is InChI=1S/C10H20O2/c1-4-12-9-6-10(11,7-9)5-8(2)3/h8-9,11H,4-7H2,1-3H3. The Morgan fingerprint density at radius 2 is 2.08 bits per heavy atom. The van der Waals surface area contributed by atoms with Crippen molar-refractivity contribution >= 4 is 0 Å². The summed E-state index contributed by atoms with van der Waals surface area (Å²) in [5.74, 6) is 0.581. The van der Waals surface area contributed by atoms with E-state index in [1.807, 2.05) is 6.92 Å². The second-order valence-corrected chi connectivity index (χ2v) is 4.31. The molecule has 0 saturated heterocycles. The first-order valence-corrected chi connectivity index (χ1v) is 4.90. The van der Waals surface area contributed by atoms with E-state index in [1.165, 1.54) is 0 Å². The molecule has 1 aliphatic carbocycles. The molecule has 0 unspecified atom stereocenters. The molecule has 0 spiro atoms. The molecule has 0 aliphatic heterocycles. The lowest BCUT2D eigenvalue weighted by Crippen LogP contribution is -2.49. The number of ether oxygens (including phenoxy) is 1. The highest BCUT2D eigenvalue weighted by atomic mass is 16.5. The summed E-state index contributed by atoms with van der Waals surface area (Å²) in [5, 5.41) is 9.90. The van der Waals surface area contributed by atoms with Crippen LogP contribution < -0.4 is 0 Å². The van der Waals surface area contributed by atoms with Gasteiger partial charge in [0, 0.05) is 19.4 Å². The SMILES string of the molecule is CCOC1CC(O)(CC(C)C)C1.